The number of carbonyl (C=O) groups is 2. The van der Waals surface area contributed by atoms with Crippen molar-refractivity contribution >= 4 is 17.7 Å². The Hall–Kier alpha value is -1.72. The molecule has 0 saturated heterocycles. The number of carbonyl (C=O) groups excluding carboxylic acids is 2. The predicted octanol–water partition coefficient (Wildman–Crippen LogP) is 0.686. The summed E-state index contributed by atoms with van der Waals surface area (Å²) in [7, 11) is 0. The van der Waals surface area contributed by atoms with Crippen LogP contribution in [0.25, 0.3) is 0 Å². The molecule has 1 heterocycles. The quantitative estimate of drug-likeness (QED) is 0.767. The van der Waals surface area contributed by atoms with Crippen molar-refractivity contribution in [1.29, 1.82) is 0 Å². The number of aryl methyl sites for hydroxylation is 1. The number of nitrogens with one attached hydrogen (secondary N) is 1. The largest absolute Gasteiger partial charge is 0.408 e. The van der Waals surface area contributed by atoms with Gasteiger partial charge in [0.2, 0.25) is 11.8 Å². The van der Waals surface area contributed by atoms with Crippen molar-refractivity contribution in [1.82, 2.24) is 10.2 Å². The fourth-order valence-electron chi connectivity index (χ4n) is 0.818. The zero-order valence-electron chi connectivity index (χ0n) is 8.03. The van der Waals surface area contributed by atoms with Crippen molar-refractivity contribution in [3.05, 3.63) is 5.89 Å². The van der Waals surface area contributed by atoms with E-state index in [0.717, 1.165) is 0 Å². The number of rotatable bonds is 4. The fraction of sp³-hybridized carbons (Fsp3) is 0.500. The summed E-state index contributed by atoms with van der Waals surface area (Å²) in [5.74, 6) is 0.0533. The maximum absolute atomic E-state index is 11.1. The van der Waals surface area contributed by atoms with Gasteiger partial charge in [0, 0.05) is 19.8 Å². The fourth-order valence-corrected chi connectivity index (χ4v) is 0.818. The maximum Gasteiger partial charge on any atom is 0.322 e. The lowest BCUT2D eigenvalue weighted by atomic mass is 10.2. The third-order valence-corrected chi connectivity index (χ3v) is 1.48. The highest BCUT2D eigenvalue weighted by molar-refractivity contribution is 5.91. The van der Waals surface area contributed by atoms with Crippen LogP contribution in [0.3, 0.4) is 0 Å². The Bertz CT molecular complexity index is 345. The van der Waals surface area contributed by atoms with Crippen LogP contribution in [0.2, 0.25) is 0 Å². The molecule has 1 N–H and O–H groups in total. The number of hydrogen-bond donors (Lipinski definition) is 1. The second-order valence-electron chi connectivity index (χ2n) is 2.88. The molecule has 1 rings (SSSR count). The van der Waals surface area contributed by atoms with Gasteiger partial charge in [-0.1, -0.05) is 5.10 Å². The van der Waals surface area contributed by atoms with Crippen molar-refractivity contribution in [2.24, 2.45) is 0 Å². The summed E-state index contributed by atoms with van der Waals surface area (Å²) in [5.41, 5.74) is 0. The van der Waals surface area contributed by atoms with Gasteiger partial charge in [0.25, 0.3) is 0 Å². The highest BCUT2D eigenvalue weighted by Gasteiger charge is 2.08. The van der Waals surface area contributed by atoms with Gasteiger partial charge in [-0.25, -0.2) is 0 Å². The van der Waals surface area contributed by atoms with Gasteiger partial charge in [0.15, 0.2) is 0 Å². The second kappa shape index (κ2) is 4.50. The molecule has 1 amide bonds. The summed E-state index contributed by atoms with van der Waals surface area (Å²) in [6.45, 7) is 3.06. The molecule has 0 atom stereocenters. The van der Waals surface area contributed by atoms with Gasteiger partial charge in [0.05, 0.1) is 0 Å². The Balaban J connectivity index is 2.37. The molecule has 0 radical (unpaired) electrons. The molecule has 0 aromatic carbocycles. The van der Waals surface area contributed by atoms with Gasteiger partial charge in [-0.2, -0.15) is 0 Å². The van der Waals surface area contributed by atoms with Crippen LogP contribution in [0.5, 0.6) is 0 Å². The first-order valence-corrected chi connectivity index (χ1v) is 4.17. The molecule has 0 unspecified atom stereocenters. The van der Waals surface area contributed by atoms with Crippen molar-refractivity contribution in [2.75, 3.05) is 5.32 Å². The van der Waals surface area contributed by atoms with E-state index in [9.17, 15) is 9.59 Å². The summed E-state index contributed by atoms with van der Waals surface area (Å²) < 4.78 is 4.92. The van der Waals surface area contributed by atoms with Crippen LogP contribution in [-0.4, -0.2) is 21.9 Å². The molecular formula is C8H11N3O3. The minimum atomic E-state index is -0.302. The van der Waals surface area contributed by atoms with Crippen molar-refractivity contribution in [3.8, 4) is 0 Å². The predicted molar refractivity (Wildman–Crippen MR) is 47.6 cm³/mol. The van der Waals surface area contributed by atoms with Gasteiger partial charge in [-0.3, -0.25) is 10.1 Å². The molecule has 0 fully saturated rings. The monoisotopic (exact) mass is 197 g/mol. The molecule has 0 saturated carbocycles. The Morgan fingerprint density at radius 3 is 2.57 bits per heavy atom. The summed E-state index contributed by atoms with van der Waals surface area (Å²) >= 11 is 0. The molecule has 76 valence electrons. The van der Waals surface area contributed by atoms with Crippen LogP contribution in [0, 0.1) is 6.92 Å². The average Bonchev–Trinajstić information content (AvgIpc) is 2.48. The lowest BCUT2D eigenvalue weighted by Crippen LogP contribution is -2.12. The zero-order chi connectivity index (χ0) is 10.6. The molecule has 14 heavy (non-hydrogen) atoms. The van der Waals surface area contributed by atoms with Crippen LogP contribution in [0.15, 0.2) is 4.42 Å². The van der Waals surface area contributed by atoms with Crippen LogP contribution in [-0.2, 0) is 9.59 Å². The van der Waals surface area contributed by atoms with Crippen LogP contribution >= 0.6 is 0 Å². The summed E-state index contributed by atoms with van der Waals surface area (Å²) in [6, 6.07) is 0.0658. The minimum absolute atomic E-state index is 0.0261. The Morgan fingerprint density at radius 2 is 2.07 bits per heavy atom. The number of aromatic nitrogens is 2. The Labute approximate surface area is 80.7 Å². The smallest absolute Gasteiger partial charge is 0.322 e. The van der Waals surface area contributed by atoms with E-state index < -0.39 is 0 Å². The normalized spacial score (nSPS) is 9.86. The van der Waals surface area contributed by atoms with E-state index >= 15 is 0 Å². The first kappa shape index (κ1) is 10.4. The molecule has 6 heteroatoms. The number of Topliss-reactive ketones (excluding diaryl/α,β-unsaturated/α-hetero) is 1. The SMILES string of the molecule is CC(=O)CCC(=O)Nc1nnc(C)o1. The van der Waals surface area contributed by atoms with Gasteiger partial charge < -0.3 is 9.21 Å². The Kier molecular flexibility index (Phi) is 3.33. The van der Waals surface area contributed by atoms with Crippen molar-refractivity contribution in [2.45, 2.75) is 26.7 Å². The lowest BCUT2D eigenvalue weighted by molar-refractivity contribution is -0.121. The highest BCUT2D eigenvalue weighted by atomic mass is 16.4. The van der Waals surface area contributed by atoms with E-state index in [0.29, 0.717) is 5.89 Å². The minimum Gasteiger partial charge on any atom is -0.408 e. The zero-order valence-corrected chi connectivity index (χ0v) is 8.03. The molecule has 0 bridgehead atoms. The number of hydrogen-bond acceptors (Lipinski definition) is 5. The molecule has 6 nitrogen and oxygen atoms in total. The van der Waals surface area contributed by atoms with Gasteiger partial charge in [0.1, 0.15) is 5.78 Å². The van der Waals surface area contributed by atoms with Crippen LogP contribution < -0.4 is 5.32 Å². The highest BCUT2D eigenvalue weighted by Crippen LogP contribution is 2.04. The summed E-state index contributed by atoms with van der Waals surface area (Å²) in [6.07, 6.45) is 0.357. The Morgan fingerprint density at radius 1 is 1.36 bits per heavy atom. The van der Waals surface area contributed by atoms with Crippen molar-refractivity contribution in [3.63, 3.8) is 0 Å². The molecule has 0 aliphatic carbocycles. The van der Waals surface area contributed by atoms with Crippen LogP contribution in [0.1, 0.15) is 25.7 Å². The number of anilines is 1. The molecule has 0 spiro atoms. The average molecular weight is 197 g/mol. The molecular weight excluding hydrogens is 186 g/mol. The number of ketones is 1. The van der Waals surface area contributed by atoms with Gasteiger partial charge >= 0.3 is 6.01 Å². The van der Waals surface area contributed by atoms with E-state index in [4.69, 9.17) is 4.42 Å². The summed E-state index contributed by atoms with van der Waals surface area (Å²) in [5, 5.41) is 9.50. The molecule has 0 aliphatic heterocycles. The topological polar surface area (TPSA) is 85.1 Å². The molecule has 1 aromatic rings. The standard InChI is InChI=1S/C8H11N3O3/c1-5(12)3-4-7(13)9-8-11-10-6(2)14-8/h3-4H2,1-2H3,(H,9,11,13). The first-order chi connectivity index (χ1) is 6.58. The molecule has 1 aromatic heterocycles. The maximum atomic E-state index is 11.1. The number of nitrogens with zero attached hydrogens (tertiary/aromatic N) is 2. The van der Waals surface area contributed by atoms with Crippen molar-refractivity contribution < 1.29 is 14.0 Å². The van der Waals surface area contributed by atoms with E-state index in [1.807, 2.05) is 0 Å². The second-order valence-corrected chi connectivity index (χ2v) is 2.88. The van der Waals surface area contributed by atoms with E-state index in [2.05, 4.69) is 15.5 Å². The first-order valence-electron chi connectivity index (χ1n) is 4.17. The number of amides is 1. The third kappa shape index (κ3) is 3.34. The van der Waals surface area contributed by atoms with Crippen LogP contribution in [0.4, 0.5) is 6.01 Å². The van der Waals surface area contributed by atoms with Gasteiger partial charge in [-0.05, 0) is 6.92 Å². The van der Waals surface area contributed by atoms with E-state index in [1.54, 1.807) is 6.92 Å². The van der Waals surface area contributed by atoms with E-state index in [-0.39, 0.29) is 30.5 Å². The molecule has 0 aliphatic rings. The third-order valence-electron chi connectivity index (χ3n) is 1.48. The summed E-state index contributed by atoms with van der Waals surface area (Å²) in [4.78, 5) is 21.7. The van der Waals surface area contributed by atoms with Gasteiger partial charge in [-0.15, -0.1) is 5.10 Å². The van der Waals surface area contributed by atoms with E-state index in [1.165, 1.54) is 6.92 Å². The lowest BCUT2D eigenvalue weighted by Gasteiger charge is -1.97.